The Balaban J connectivity index is 1.66. The van der Waals surface area contributed by atoms with E-state index in [0.29, 0.717) is 60.2 Å². The van der Waals surface area contributed by atoms with Crippen LogP contribution in [0.5, 0.6) is 11.5 Å². The number of aromatic amines is 1. The molecule has 0 spiro atoms. The lowest BCUT2D eigenvalue weighted by Crippen LogP contribution is -2.35. The molecule has 2 aromatic heterocycles. The van der Waals surface area contributed by atoms with Crippen molar-refractivity contribution >= 4 is 10.9 Å². The van der Waals surface area contributed by atoms with Crippen molar-refractivity contribution in [3.63, 3.8) is 0 Å². The predicted molar refractivity (Wildman–Crippen MR) is 111 cm³/mol. The first-order chi connectivity index (χ1) is 14.5. The van der Waals surface area contributed by atoms with Gasteiger partial charge in [0.15, 0.2) is 11.5 Å². The molecular weight excluding hydrogens is 390 g/mol. The molecule has 0 radical (unpaired) electrons. The average molecular weight is 417 g/mol. The number of hydrogen-bond donors (Lipinski definition) is 2. The minimum Gasteiger partial charge on any atom is -0.493 e. The lowest BCUT2D eigenvalue weighted by molar-refractivity contribution is 0.00432. The number of nitrogens with one attached hydrogen (secondary N) is 1. The molecule has 3 rings (SSSR count). The molecule has 0 amide bonds. The zero-order chi connectivity index (χ0) is 21.5. The first-order valence-electron chi connectivity index (χ1n) is 9.69. The van der Waals surface area contributed by atoms with E-state index in [1.54, 1.807) is 24.5 Å². The van der Waals surface area contributed by atoms with Crippen molar-refractivity contribution in [2.75, 3.05) is 33.9 Å². The highest BCUT2D eigenvalue weighted by Crippen LogP contribution is 2.29. The first kappa shape index (κ1) is 21.8. The summed E-state index contributed by atoms with van der Waals surface area (Å²) in [4.78, 5) is 21.9. The van der Waals surface area contributed by atoms with Gasteiger partial charge in [-0.2, -0.15) is 0 Å². The summed E-state index contributed by atoms with van der Waals surface area (Å²) in [6.45, 7) is 3.89. The zero-order valence-corrected chi connectivity index (χ0v) is 17.4. The summed E-state index contributed by atoms with van der Waals surface area (Å²) >= 11 is 0. The van der Waals surface area contributed by atoms with E-state index in [2.05, 4.69) is 9.97 Å². The number of ether oxygens (including phenoxy) is 3. The molecule has 0 aliphatic carbocycles. The van der Waals surface area contributed by atoms with E-state index in [9.17, 15) is 9.90 Å². The molecule has 9 heteroatoms. The van der Waals surface area contributed by atoms with Gasteiger partial charge in [0.1, 0.15) is 18.2 Å². The number of H-pyrrole nitrogens is 1. The number of aliphatic hydroxyl groups is 1. The van der Waals surface area contributed by atoms with Crippen LogP contribution in [0.15, 0.2) is 39.7 Å². The van der Waals surface area contributed by atoms with Crippen molar-refractivity contribution in [3.05, 3.63) is 52.5 Å². The molecule has 9 nitrogen and oxygen atoms in total. The Morgan fingerprint density at radius 3 is 2.70 bits per heavy atom. The molecule has 30 heavy (non-hydrogen) atoms. The van der Waals surface area contributed by atoms with E-state index in [1.165, 1.54) is 14.2 Å². The van der Waals surface area contributed by atoms with Crippen molar-refractivity contribution in [2.45, 2.75) is 26.2 Å². The van der Waals surface area contributed by atoms with Gasteiger partial charge in [-0.3, -0.25) is 9.69 Å². The highest BCUT2D eigenvalue weighted by molar-refractivity contribution is 5.81. The number of benzene rings is 1. The van der Waals surface area contributed by atoms with Gasteiger partial charge < -0.3 is 28.7 Å². The van der Waals surface area contributed by atoms with Crippen LogP contribution >= 0.6 is 0 Å². The van der Waals surface area contributed by atoms with Crippen molar-refractivity contribution in [2.24, 2.45) is 0 Å². The van der Waals surface area contributed by atoms with Crippen LogP contribution in [-0.2, 0) is 17.9 Å². The number of furan rings is 1. The molecule has 0 saturated carbocycles. The van der Waals surface area contributed by atoms with Crippen molar-refractivity contribution < 1.29 is 23.7 Å². The van der Waals surface area contributed by atoms with Crippen molar-refractivity contribution in [1.29, 1.82) is 0 Å². The van der Waals surface area contributed by atoms with Gasteiger partial charge in [-0.1, -0.05) is 6.92 Å². The van der Waals surface area contributed by atoms with Gasteiger partial charge in [-0.05, 0) is 24.7 Å². The fourth-order valence-corrected chi connectivity index (χ4v) is 3.15. The third-order valence-electron chi connectivity index (χ3n) is 4.68. The van der Waals surface area contributed by atoms with Gasteiger partial charge in [-0.15, -0.1) is 0 Å². The topological polar surface area (TPSA) is 110 Å². The van der Waals surface area contributed by atoms with Gasteiger partial charge in [-0.25, -0.2) is 4.98 Å². The number of likely N-dealkylation sites (N-methyl/N-ethyl adjacent to an activating group) is 1. The van der Waals surface area contributed by atoms with Gasteiger partial charge in [0.25, 0.3) is 5.56 Å². The van der Waals surface area contributed by atoms with E-state index in [1.807, 2.05) is 17.9 Å². The summed E-state index contributed by atoms with van der Waals surface area (Å²) < 4.78 is 21.2. The molecule has 3 aromatic rings. The third-order valence-corrected chi connectivity index (χ3v) is 4.68. The number of rotatable bonds is 11. The lowest BCUT2D eigenvalue weighted by Gasteiger charge is -2.23. The highest BCUT2D eigenvalue weighted by Gasteiger charge is 2.15. The second-order valence-corrected chi connectivity index (χ2v) is 6.81. The fourth-order valence-electron chi connectivity index (χ4n) is 3.15. The lowest BCUT2D eigenvalue weighted by atomic mass is 10.2. The van der Waals surface area contributed by atoms with Crippen LogP contribution in [0.1, 0.15) is 18.5 Å². The van der Waals surface area contributed by atoms with Gasteiger partial charge >= 0.3 is 0 Å². The van der Waals surface area contributed by atoms with Gasteiger partial charge in [0, 0.05) is 12.6 Å². The number of aromatic nitrogens is 2. The van der Waals surface area contributed by atoms with Crippen molar-refractivity contribution in [3.8, 4) is 11.5 Å². The Bertz CT molecular complexity index is 1000. The van der Waals surface area contributed by atoms with Crippen LogP contribution in [0.25, 0.3) is 10.9 Å². The predicted octanol–water partition coefficient (Wildman–Crippen LogP) is 1.93. The number of methoxy groups -OCH3 is 2. The van der Waals surface area contributed by atoms with E-state index in [0.717, 1.165) is 0 Å². The zero-order valence-electron chi connectivity index (χ0n) is 17.4. The maximum Gasteiger partial charge on any atom is 0.258 e. The summed E-state index contributed by atoms with van der Waals surface area (Å²) in [6.07, 6.45) is 0.896. The van der Waals surface area contributed by atoms with Crippen LogP contribution in [0.2, 0.25) is 0 Å². The number of fused-ring (bicyclic) bond motifs is 1. The molecule has 0 saturated heterocycles. The minimum absolute atomic E-state index is 0.176. The minimum atomic E-state index is -0.684. The van der Waals surface area contributed by atoms with Crippen LogP contribution in [0.3, 0.4) is 0 Å². The normalized spacial score (nSPS) is 12.4. The van der Waals surface area contributed by atoms with Gasteiger partial charge in [0.05, 0.1) is 50.6 Å². The molecule has 1 aromatic carbocycles. The number of hydrogen-bond acceptors (Lipinski definition) is 8. The van der Waals surface area contributed by atoms with Crippen LogP contribution < -0.4 is 15.0 Å². The molecule has 1 atom stereocenters. The maximum atomic E-state index is 12.5. The summed E-state index contributed by atoms with van der Waals surface area (Å²) in [5.41, 5.74) is 0.263. The van der Waals surface area contributed by atoms with E-state index in [4.69, 9.17) is 18.6 Å². The van der Waals surface area contributed by atoms with E-state index < -0.39 is 6.10 Å². The quantitative estimate of drug-likeness (QED) is 0.487. The third kappa shape index (κ3) is 5.38. The highest BCUT2D eigenvalue weighted by atomic mass is 16.5. The average Bonchev–Trinajstić information content (AvgIpc) is 3.25. The van der Waals surface area contributed by atoms with Crippen molar-refractivity contribution in [1.82, 2.24) is 14.9 Å². The van der Waals surface area contributed by atoms with Gasteiger partial charge in [0.2, 0.25) is 0 Å². The monoisotopic (exact) mass is 417 g/mol. The molecule has 2 N–H and O–H groups in total. The Labute approximate surface area is 174 Å². The maximum absolute atomic E-state index is 12.5. The Morgan fingerprint density at radius 1 is 1.27 bits per heavy atom. The number of nitrogens with zero attached hydrogens (tertiary/aromatic N) is 2. The number of aliphatic hydroxyl groups excluding tert-OH is 1. The molecule has 0 aliphatic rings. The molecule has 0 aliphatic heterocycles. The Hall–Kier alpha value is -2.88. The SMILES string of the molecule is CCN(Cc1nc2cc(OC)c(OC)cc2c(=O)[nH]1)CC(O)COCc1ccco1. The molecule has 2 heterocycles. The molecule has 1 unspecified atom stereocenters. The standard InChI is InChI=1S/C21H27N3O6/c1-4-24(10-14(25)12-29-13-15-6-5-7-30-15)11-20-22-17-9-19(28-3)18(27-2)8-16(17)21(26)23-20/h5-9,14,25H,4,10-13H2,1-3H3,(H,22,23,26). The summed E-state index contributed by atoms with van der Waals surface area (Å²) in [6, 6.07) is 6.90. The van der Waals surface area contributed by atoms with E-state index >= 15 is 0 Å². The second kappa shape index (κ2) is 10.2. The Kier molecular flexibility index (Phi) is 7.45. The summed E-state index contributed by atoms with van der Waals surface area (Å²) in [7, 11) is 3.05. The fraction of sp³-hybridized carbons (Fsp3) is 0.429. The largest absolute Gasteiger partial charge is 0.493 e. The molecule has 162 valence electrons. The molecule has 0 fully saturated rings. The van der Waals surface area contributed by atoms with Crippen LogP contribution in [0.4, 0.5) is 0 Å². The summed E-state index contributed by atoms with van der Waals surface area (Å²) in [5.74, 6) is 2.19. The summed E-state index contributed by atoms with van der Waals surface area (Å²) in [5, 5.41) is 10.7. The van der Waals surface area contributed by atoms with Crippen LogP contribution in [0, 0.1) is 0 Å². The first-order valence-corrected chi connectivity index (χ1v) is 9.69. The van der Waals surface area contributed by atoms with E-state index in [-0.39, 0.29) is 12.2 Å². The second-order valence-electron chi connectivity index (χ2n) is 6.81. The molecule has 0 bridgehead atoms. The van der Waals surface area contributed by atoms with Crippen LogP contribution in [-0.4, -0.2) is 60.0 Å². The smallest absolute Gasteiger partial charge is 0.258 e. The molecular formula is C21H27N3O6. The Morgan fingerprint density at radius 2 is 2.03 bits per heavy atom.